The molecule has 1 fully saturated rings. The van der Waals surface area contributed by atoms with Crippen LogP contribution < -0.4 is 10.9 Å². The first-order valence-corrected chi connectivity index (χ1v) is 8.58. The number of pyridine rings is 1. The molecular weight excluding hydrogens is 336 g/mol. The number of carbonyl (C=O) groups is 2. The Kier molecular flexibility index (Phi) is 4.92. The Labute approximate surface area is 150 Å². The molecule has 1 aliphatic heterocycles. The van der Waals surface area contributed by atoms with Crippen LogP contribution in [0.1, 0.15) is 42.9 Å². The number of nitrogens with zero attached hydrogens (tertiary/aromatic N) is 2. The molecule has 1 unspecified atom stereocenters. The summed E-state index contributed by atoms with van der Waals surface area (Å²) in [6.07, 6.45) is 2.94. The minimum absolute atomic E-state index is 0.0894. The van der Waals surface area contributed by atoms with Gasteiger partial charge in [-0.3, -0.25) is 14.4 Å². The molecule has 3 rings (SSSR count). The molecule has 138 valence electrons. The van der Waals surface area contributed by atoms with Gasteiger partial charge in [0.05, 0.1) is 17.3 Å². The van der Waals surface area contributed by atoms with Gasteiger partial charge in [-0.2, -0.15) is 0 Å². The van der Waals surface area contributed by atoms with Gasteiger partial charge in [0.2, 0.25) is 11.5 Å². The van der Waals surface area contributed by atoms with Crippen molar-refractivity contribution >= 4 is 11.8 Å². The van der Waals surface area contributed by atoms with E-state index in [0.29, 0.717) is 25.8 Å². The fourth-order valence-electron chi connectivity index (χ4n) is 3.29. The third-order valence-electron chi connectivity index (χ3n) is 4.87. The Balaban J connectivity index is 1.63. The molecule has 8 heteroatoms. The summed E-state index contributed by atoms with van der Waals surface area (Å²) in [5, 5.41) is 6.80. The second-order valence-electron chi connectivity index (χ2n) is 6.94. The maximum Gasteiger partial charge on any atom is 0.270 e. The molecule has 8 nitrogen and oxygen atoms in total. The molecule has 0 bridgehead atoms. The van der Waals surface area contributed by atoms with Gasteiger partial charge in [0.25, 0.3) is 5.91 Å². The van der Waals surface area contributed by atoms with Crippen molar-refractivity contribution < 1.29 is 14.1 Å². The van der Waals surface area contributed by atoms with Crippen molar-refractivity contribution in [2.24, 2.45) is 0 Å². The van der Waals surface area contributed by atoms with Crippen LogP contribution in [-0.2, 0) is 11.2 Å². The van der Waals surface area contributed by atoms with Gasteiger partial charge < -0.3 is 19.7 Å². The van der Waals surface area contributed by atoms with E-state index in [9.17, 15) is 14.4 Å². The van der Waals surface area contributed by atoms with Crippen LogP contribution in [0.25, 0.3) is 0 Å². The molecule has 2 aromatic rings. The zero-order valence-corrected chi connectivity index (χ0v) is 14.8. The average molecular weight is 358 g/mol. The molecule has 0 spiro atoms. The Morgan fingerprint density at radius 3 is 2.88 bits per heavy atom. The highest BCUT2D eigenvalue weighted by Gasteiger charge is 2.44. The number of hydrogen-bond donors (Lipinski definition) is 2. The smallest absolute Gasteiger partial charge is 0.270 e. The van der Waals surface area contributed by atoms with E-state index >= 15 is 0 Å². The first-order valence-electron chi connectivity index (χ1n) is 8.58. The zero-order valence-electron chi connectivity index (χ0n) is 14.8. The quantitative estimate of drug-likeness (QED) is 0.832. The summed E-state index contributed by atoms with van der Waals surface area (Å²) >= 11 is 0. The summed E-state index contributed by atoms with van der Waals surface area (Å²) < 4.78 is 4.75. The van der Waals surface area contributed by atoms with Crippen LogP contribution in [0, 0.1) is 0 Å². The second-order valence-corrected chi connectivity index (χ2v) is 6.94. The first kappa shape index (κ1) is 17.9. The van der Waals surface area contributed by atoms with Gasteiger partial charge in [-0.25, -0.2) is 0 Å². The fourth-order valence-corrected chi connectivity index (χ4v) is 3.29. The third-order valence-corrected chi connectivity index (χ3v) is 4.87. The second kappa shape index (κ2) is 7.15. The monoisotopic (exact) mass is 358 g/mol. The van der Waals surface area contributed by atoms with Gasteiger partial charge in [-0.1, -0.05) is 11.2 Å². The number of aryl methyl sites for hydroxylation is 1. The molecule has 2 aromatic heterocycles. The molecule has 3 heterocycles. The number of H-pyrrole nitrogens is 1. The van der Waals surface area contributed by atoms with Crippen LogP contribution in [0.15, 0.2) is 39.8 Å². The van der Waals surface area contributed by atoms with Crippen LogP contribution in [0.3, 0.4) is 0 Å². The number of aromatic amines is 1. The normalized spacial score (nSPS) is 18.7. The summed E-state index contributed by atoms with van der Waals surface area (Å²) in [6.45, 7) is 4.35. The minimum Gasteiger partial charge on any atom is -0.365 e. The molecule has 0 radical (unpaired) electrons. The highest BCUT2D eigenvalue weighted by atomic mass is 16.5. The first-order chi connectivity index (χ1) is 12.4. The zero-order chi connectivity index (χ0) is 18.7. The molecule has 0 saturated carbocycles. The van der Waals surface area contributed by atoms with E-state index in [2.05, 4.69) is 15.5 Å². The van der Waals surface area contributed by atoms with E-state index in [1.165, 1.54) is 12.3 Å². The van der Waals surface area contributed by atoms with E-state index in [4.69, 9.17) is 4.52 Å². The van der Waals surface area contributed by atoms with Crippen LogP contribution in [0.4, 0.5) is 0 Å². The largest absolute Gasteiger partial charge is 0.365 e. The van der Waals surface area contributed by atoms with Gasteiger partial charge in [0, 0.05) is 31.5 Å². The van der Waals surface area contributed by atoms with Crippen LogP contribution in [-0.4, -0.2) is 45.0 Å². The van der Waals surface area contributed by atoms with Crippen LogP contribution in [0.5, 0.6) is 0 Å². The van der Waals surface area contributed by atoms with Gasteiger partial charge in [-0.15, -0.1) is 0 Å². The summed E-state index contributed by atoms with van der Waals surface area (Å²) in [5.41, 5.74) is 0.109. The molecule has 0 aliphatic carbocycles. The van der Waals surface area contributed by atoms with Gasteiger partial charge >= 0.3 is 0 Å². The minimum atomic E-state index is -0.562. The topological polar surface area (TPSA) is 108 Å². The highest BCUT2D eigenvalue weighted by Crippen LogP contribution is 2.30. The van der Waals surface area contributed by atoms with Gasteiger partial charge in [0.1, 0.15) is 12.0 Å². The number of rotatable bonds is 5. The summed E-state index contributed by atoms with van der Waals surface area (Å²) in [6, 6.07) is 6.08. The SMILES string of the molecule is CC1(C)C(NC(=O)CCc2ccon2)CCN1C(=O)c1cccc(=O)[nH]1. The molecule has 1 saturated heterocycles. The lowest BCUT2D eigenvalue weighted by Crippen LogP contribution is -2.54. The van der Waals surface area contributed by atoms with E-state index in [-0.39, 0.29) is 29.1 Å². The Morgan fingerprint density at radius 2 is 2.19 bits per heavy atom. The Bertz CT molecular complexity index is 841. The number of carbonyl (C=O) groups excluding carboxylic acids is 2. The summed E-state index contributed by atoms with van der Waals surface area (Å²) in [4.78, 5) is 40.7. The predicted molar refractivity (Wildman–Crippen MR) is 93.5 cm³/mol. The number of amides is 2. The number of likely N-dealkylation sites (tertiary alicyclic amines) is 1. The van der Waals surface area contributed by atoms with Crippen LogP contribution in [0.2, 0.25) is 0 Å². The number of aromatic nitrogens is 2. The van der Waals surface area contributed by atoms with Crippen molar-refractivity contribution in [1.82, 2.24) is 20.4 Å². The summed E-state index contributed by atoms with van der Waals surface area (Å²) in [5.74, 6) is -0.333. The Morgan fingerprint density at radius 1 is 1.38 bits per heavy atom. The molecule has 1 aliphatic rings. The maximum atomic E-state index is 12.8. The lowest BCUT2D eigenvalue weighted by Gasteiger charge is -2.36. The van der Waals surface area contributed by atoms with Crippen molar-refractivity contribution in [3.63, 3.8) is 0 Å². The van der Waals surface area contributed by atoms with Gasteiger partial charge in [-0.05, 0) is 26.3 Å². The molecule has 2 N–H and O–H groups in total. The lowest BCUT2D eigenvalue weighted by atomic mass is 9.95. The lowest BCUT2D eigenvalue weighted by molar-refractivity contribution is -0.122. The van der Waals surface area contributed by atoms with Gasteiger partial charge in [0.15, 0.2) is 0 Å². The molecule has 26 heavy (non-hydrogen) atoms. The van der Waals surface area contributed by atoms with Crippen molar-refractivity contribution in [2.45, 2.75) is 44.7 Å². The van der Waals surface area contributed by atoms with E-state index in [0.717, 1.165) is 5.69 Å². The summed E-state index contributed by atoms with van der Waals surface area (Å²) in [7, 11) is 0. The molecule has 2 amide bonds. The predicted octanol–water partition coefficient (Wildman–Crippen LogP) is 1.10. The number of nitrogens with one attached hydrogen (secondary N) is 2. The molecule has 1 atom stereocenters. The Hall–Kier alpha value is -2.90. The van der Waals surface area contributed by atoms with E-state index < -0.39 is 5.54 Å². The average Bonchev–Trinajstić information content (AvgIpc) is 3.21. The molecule has 0 aromatic carbocycles. The van der Waals surface area contributed by atoms with Crippen molar-refractivity contribution in [1.29, 1.82) is 0 Å². The fraction of sp³-hybridized carbons (Fsp3) is 0.444. The highest BCUT2D eigenvalue weighted by molar-refractivity contribution is 5.93. The van der Waals surface area contributed by atoms with Crippen molar-refractivity contribution in [3.05, 3.63) is 52.3 Å². The van der Waals surface area contributed by atoms with E-state index in [1.54, 1.807) is 23.1 Å². The van der Waals surface area contributed by atoms with Crippen LogP contribution >= 0.6 is 0 Å². The third kappa shape index (κ3) is 3.68. The standard InChI is InChI=1S/C18H22N4O4/c1-18(2)14(20-16(24)7-6-12-9-11-26-21-12)8-10-22(18)17(25)13-4-3-5-15(23)19-13/h3-5,9,11,14H,6-8,10H2,1-2H3,(H,19,23)(H,20,24). The molecular formula is C18H22N4O4. The van der Waals surface area contributed by atoms with Crippen molar-refractivity contribution in [2.75, 3.05) is 6.54 Å². The van der Waals surface area contributed by atoms with Crippen molar-refractivity contribution in [3.8, 4) is 0 Å². The van der Waals surface area contributed by atoms with E-state index in [1.807, 2.05) is 13.8 Å². The maximum absolute atomic E-state index is 12.8. The number of hydrogen-bond acceptors (Lipinski definition) is 5.